The fourth-order valence-corrected chi connectivity index (χ4v) is 4.25. The molecule has 0 saturated heterocycles. The van der Waals surface area contributed by atoms with E-state index in [2.05, 4.69) is 0 Å². The van der Waals surface area contributed by atoms with E-state index in [1.165, 1.54) is 12.1 Å². The average molecular weight is 521 g/mol. The maximum atomic E-state index is 13.0. The molecule has 0 bridgehead atoms. The SMILES string of the molecule is CC(C)C(C(=O)OCC(=O)c1ccc(F)cc1)N1C(=O)c2c(Cl)c(Cl)c(Cl)c(Cl)c2C1=O. The molecule has 11 heteroatoms. The number of ether oxygens (including phenoxy) is 1. The normalized spacial score (nSPS) is 14.1. The van der Waals surface area contributed by atoms with Gasteiger partial charge in [0.05, 0.1) is 31.2 Å². The highest BCUT2D eigenvalue weighted by molar-refractivity contribution is 6.55. The molecule has 0 saturated carbocycles. The van der Waals surface area contributed by atoms with Crippen molar-refractivity contribution >= 4 is 70.0 Å². The van der Waals surface area contributed by atoms with Crippen LogP contribution in [0.2, 0.25) is 20.1 Å². The zero-order chi connectivity index (χ0) is 23.9. The van der Waals surface area contributed by atoms with Gasteiger partial charge in [-0.1, -0.05) is 60.3 Å². The monoisotopic (exact) mass is 519 g/mol. The number of rotatable bonds is 6. The van der Waals surface area contributed by atoms with Crippen LogP contribution in [0.4, 0.5) is 4.39 Å². The number of Topliss-reactive ketones (excluding diaryl/α,β-unsaturated/α-hetero) is 1. The fourth-order valence-electron chi connectivity index (χ4n) is 3.24. The Kier molecular flexibility index (Phi) is 7.15. The van der Waals surface area contributed by atoms with Gasteiger partial charge in [0.1, 0.15) is 11.9 Å². The second-order valence-corrected chi connectivity index (χ2v) is 8.72. The molecule has 1 aliphatic heterocycles. The van der Waals surface area contributed by atoms with Crippen molar-refractivity contribution in [2.45, 2.75) is 19.9 Å². The molecule has 2 aromatic carbocycles. The van der Waals surface area contributed by atoms with E-state index in [0.29, 0.717) is 4.90 Å². The summed E-state index contributed by atoms with van der Waals surface area (Å²) in [7, 11) is 0. The molecule has 0 spiro atoms. The van der Waals surface area contributed by atoms with Gasteiger partial charge in [0, 0.05) is 5.56 Å². The Morgan fingerprint density at radius 1 is 0.906 bits per heavy atom. The van der Waals surface area contributed by atoms with Crippen LogP contribution in [0.25, 0.3) is 0 Å². The van der Waals surface area contributed by atoms with Crippen molar-refractivity contribution in [1.29, 1.82) is 0 Å². The molecule has 0 aromatic heterocycles. The number of imide groups is 1. The molecule has 32 heavy (non-hydrogen) atoms. The van der Waals surface area contributed by atoms with Crippen LogP contribution in [0.1, 0.15) is 44.9 Å². The fraction of sp³-hybridized carbons (Fsp3) is 0.238. The standard InChI is InChI=1S/C21H14Cl4FNO5/c1-8(2)18(21(31)32-7-11(28)9-3-5-10(26)6-4-9)27-19(29)12-13(20(27)30)15(23)17(25)16(24)14(12)22/h3-6,8,18H,7H2,1-2H3. The summed E-state index contributed by atoms with van der Waals surface area (Å²) in [4.78, 5) is 51.8. The third-order valence-electron chi connectivity index (χ3n) is 4.80. The summed E-state index contributed by atoms with van der Waals surface area (Å²) in [5.41, 5.74) is -0.405. The number of benzene rings is 2. The van der Waals surface area contributed by atoms with E-state index in [0.717, 1.165) is 12.1 Å². The van der Waals surface area contributed by atoms with Gasteiger partial charge in [-0.05, 0) is 30.2 Å². The minimum atomic E-state index is -1.38. The lowest BCUT2D eigenvalue weighted by atomic mass is 10.0. The van der Waals surface area contributed by atoms with E-state index in [1.807, 2.05) is 0 Å². The smallest absolute Gasteiger partial charge is 0.330 e. The van der Waals surface area contributed by atoms with E-state index in [9.17, 15) is 23.6 Å². The van der Waals surface area contributed by atoms with Crippen LogP contribution in [-0.2, 0) is 9.53 Å². The number of hydrogen-bond donors (Lipinski definition) is 0. The third kappa shape index (κ3) is 4.22. The second-order valence-electron chi connectivity index (χ2n) is 7.21. The maximum Gasteiger partial charge on any atom is 0.330 e. The van der Waals surface area contributed by atoms with Crippen LogP contribution in [0.15, 0.2) is 24.3 Å². The first-order chi connectivity index (χ1) is 15.0. The molecule has 0 N–H and O–H groups in total. The topological polar surface area (TPSA) is 80.8 Å². The molecule has 0 radical (unpaired) electrons. The molecule has 1 aliphatic rings. The molecule has 2 amide bonds. The van der Waals surface area contributed by atoms with Crippen LogP contribution in [0, 0.1) is 11.7 Å². The first-order valence-corrected chi connectivity index (χ1v) is 10.7. The molecule has 0 fully saturated rings. The van der Waals surface area contributed by atoms with E-state index < -0.39 is 48.0 Å². The van der Waals surface area contributed by atoms with Gasteiger partial charge >= 0.3 is 5.97 Å². The van der Waals surface area contributed by atoms with Gasteiger partial charge < -0.3 is 4.74 Å². The van der Waals surface area contributed by atoms with Crippen LogP contribution in [0.3, 0.4) is 0 Å². The van der Waals surface area contributed by atoms with Gasteiger partial charge in [-0.2, -0.15) is 0 Å². The largest absolute Gasteiger partial charge is 0.456 e. The lowest BCUT2D eigenvalue weighted by Crippen LogP contribution is -2.49. The van der Waals surface area contributed by atoms with Crippen molar-refractivity contribution in [3.8, 4) is 0 Å². The summed E-state index contributed by atoms with van der Waals surface area (Å²) in [6.07, 6.45) is 0. The molecular weight excluding hydrogens is 507 g/mol. The Morgan fingerprint density at radius 2 is 1.38 bits per heavy atom. The van der Waals surface area contributed by atoms with Crippen molar-refractivity contribution < 1.29 is 28.3 Å². The summed E-state index contributed by atoms with van der Waals surface area (Å²) in [5, 5.41) is -0.930. The number of carbonyl (C=O) groups excluding carboxylic acids is 4. The lowest BCUT2D eigenvalue weighted by molar-refractivity contribution is -0.148. The third-order valence-corrected chi connectivity index (χ3v) is 6.60. The van der Waals surface area contributed by atoms with Crippen molar-refractivity contribution in [1.82, 2.24) is 4.90 Å². The first kappa shape index (κ1) is 24.5. The molecule has 168 valence electrons. The van der Waals surface area contributed by atoms with Crippen molar-refractivity contribution in [3.05, 3.63) is 66.9 Å². The number of halogens is 5. The van der Waals surface area contributed by atoms with Gasteiger partial charge in [0.15, 0.2) is 12.4 Å². The average Bonchev–Trinajstić information content (AvgIpc) is 3.00. The highest BCUT2D eigenvalue weighted by atomic mass is 35.5. The molecule has 1 unspecified atom stereocenters. The minimum absolute atomic E-state index is 0.129. The van der Waals surface area contributed by atoms with E-state index in [-0.39, 0.29) is 36.8 Å². The van der Waals surface area contributed by atoms with Crippen molar-refractivity contribution in [2.75, 3.05) is 6.61 Å². The van der Waals surface area contributed by atoms with Crippen LogP contribution in [0.5, 0.6) is 0 Å². The van der Waals surface area contributed by atoms with Gasteiger partial charge in [-0.15, -0.1) is 0 Å². The first-order valence-electron chi connectivity index (χ1n) is 9.16. The van der Waals surface area contributed by atoms with Crippen LogP contribution < -0.4 is 0 Å². The molecule has 1 heterocycles. The lowest BCUT2D eigenvalue weighted by Gasteiger charge is -2.27. The number of carbonyl (C=O) groups is 4. The van der Waals surface area contributed by atoms with Crippen molar-refractivity contribution in [2.24, 2.45) is 5.92 Å². The quantitative estimate of drug-likeness (QED) is 0.165. The van der Waals surface area contributed by atoms with Gasteiger partial charge in [-0.3, -0.25) is 19.3 Å². The molecule has 3 rings (SSSR count). The predicted octanol–water partition coefficient (Wildman–Crippen LogP) is 5.49. The molecule has 6 nitrogen and oxygen atoms in total. The Labute approximate surface area is 202 Å². The number of esters is 1. The van der Waals surface area contributed by atoms with Gasteiger partial charge in [0.25, 0.3) is 11.8 Å². The molecule has 0 aliphatic carbocycles. The molecule has 2 aromatic rings. The van der Waals surface area contributed by atoms with Crippen LogP contribution in [-0.4, -0.2) is 41.1 Å². The van der Waals surface area contributed by atoms with Gasteiger partial charge in [-0.25, -0.2) is 9.18 Å². The summed E-state index contributed by atoms with van der Waals surface area (Å²) >= 11 is 24.3. The minimum Gasteiger partial charge on any atom is -0.456 e. The van der Waals surface area contributed by atoms with Gasteiger partial charge in [0.2, 0.25) is 0 Å². The second kappa shape index (κ2) is 9.35. The Balaban J connectivity index is 1.87. The summed E-state index contributed by atoms with van der Waals surface area (Å²) in [5.74, 6) is -4.48. The number of ketones is 1. The summed E-state index contributed by atoms with van der Waals surface area (Å²) in [6.45, 7) is 2.50. The number of nitrogens with zero attached hydrogens (tertiary/aromatic N) is 1. The number of amides is 2. The summed E-state index contributed by atoms with van der Waals surface area (Å²) < 4.78 is 18.1. The highest BCUT2D eigenvalue weighted by Crippen LogP contribution is 2.45. The highest BCUT2D eigenvalue weighted by Gasteiger charge is 2.48. The van der Waals surface area contributed by atoms with E-state index in [1.54, 1.807) is 13.8 Å². The van der Waals surface area contributed by atoms with E-state index in [4.69, 9.17) is 51.1 Å². The number of hydrogen-bond acceptors (Lipinski definition) is 5. The Bertz CT molecular complexity index is 1100. The molecular formula is C21H14Cl4FNO5. The predicted molar refractivity (Wildman–Crippen MR) is 117 cm³/mol. The zero-order valence-electron chi connectivity index (χ0n) is 16.5. The summed E-state index contributed by atoms with van der Waals surface area (Å²) in [6, 6.07) is 3.29. The van der Waals surface area contributed by atoms with Crippen molar-refractivity contribution in [3.63, 3.8) is 0 Å². The molecule has 1 atom stereocenters. The Hall–Kier alpha value is -2.19. The Morgan fingerprint density at radius 3 is 1.81 bits per heavy atom. The van der Waals surface area contributed by atoms with E-state index >= 15 is 0 Å². The number of fused-ring (bicyclic) bond motifs is 1. The maximum absolute atomic E-state index is 13.0. The zero-order valence-corrected chi connectivity index (χ0v) is 19.6. The van der Waals surface area contributed by atoms with Crippen LogP contribution >= 0.6 is 46.4 Å².